The lowest BCUT2D eigenvalue weighted by molar-refractivity contribution is 0.398. The molecule has 0 saturated carbocycles. The summed E-state index contributed by atoms with van der Waals surface area (Å²) in [5, 5.41) is 2.39. The highest BCUT2D eigenvalue weighted by Gasteiger charge is 2.49. The van der Waals surface area contributed by atoms with Crippen molar-refractivity contribution in [1.82, 2.24) is 0 Å². The van der Waals surface area contributed by atoms with E-state index in [0.29, 0.717) is 0 Å². The molecular formula is C98H93NO. The van der Waals surface area contributed by atoms with Gasteiger partial charge in [-0.15, -0.1) is 0 Å². The number of fused-ring (bicyclic) bond motifs is 18. The first-order valence-electron chi connectivity index (χ1n) is 37.8. The first-order valence-corrected chi connectivity index (χ1v) is 37.8. The maximum Gasteiger partial charge on any atom is 0.144 e. The monoisotopic (exact) mass is 1300 g/mol. The van der Waals surface area contributed by atoms with Crippen molar-refractivity contribution >= 4 is 39.0 Å². The summed E-state index contributed by atoms with van der Waals surface area (Å²) in [6, 6.07) is 94.7. The minimum atomic E-state index is -0.363. The third-order valence-corrected chi connectivity index (χ3v) is 24.2. The molecule has 17 rings (SSSR count). The molecule has 12 aromatic carbocycles. The molecule has 4 aliphatic rings. The third-order valence-electron chi connectivity index (χ3n) is 24.2. The Kier molecular flexibility index (Phi) is 16.0. The van der Waals surface area contributed by atoms with Gasteiger partial charge in [-0.25, -0.2) is 0 Å². The van der Waals surface area contributed by atoms with Crippen molar-refractivity contribution in [2.24, 2.45) is 0 Å². The van der Waals surface area contributed by atoms with Gasteiger partial charge in [-0.1, -0.05) is 314 Å². The molecule has 0 radical (unpaired) electrons. The summed E-state index contributed by atoms with van der Waals surface area (Å²) < 4.78 is 7.19. The molecule has 0 spiro atoms. The molecule has 2 nitrogen and oxygen atoms in total. The van der Waals surface area contributed by atoms with Crippen LogP contribution in [0, 0.1) is 0 Å². The second-order valence-corrected chi connectivity index (χ2v) is 31.3. The number of hydrogen-bond acceptors (Lipinski definition) is 2. The zero-order valence-corrected chi connectivity index (χ0v) is 59.9. The van der Waals surface area contributed by atoms with Crippen LogP contribution in [-0.4, -0.2) is 0 Å². The SMILES string of the molecule is CCCCCCCCC1(CCCCCCCC)c2ccccc2-c2ccc(-c3ccc4c(c3)C(C)(C)c3cc(-c5ccc(-c6ccc7c(c6)C(C)(C)c6c8c(c9oc%10ccccc%10c9c6-7)-c6ccc(N(c7ccccc7)c7ccc(-c9ccccc9)cc7)cc6C8(C)C)cc5)ccc3-4)cc21. The highest BCUT2D eigenvalue weighted by Crippen LogP contribution is 2.64. The van der Waals surface area contributed by atoms with Crippen LogP contribution in [0.1, 0.15) is 190 Å². The van der Waals surface area contributed by atoms with Crippen molar-refractivity contribution in [3.8, 4) is 89.0 Å². The van der Waals surface area contributed by atoms with Gasteiger partial charge in [0.2, 0.25) is 0 Å². The highest BCUT2D eigenvalue weighted by molar-refractivity contribution is 6.21. The summed E-state index contributed by atoms with van der Waals surface area (Å²) in [6.45, 7) is 19.4. The maximum absolute atomic E-state index is 7.19. The lowest BCUT2D eigenvalue weighted by Gasteiger charge is -2.33. The molecule has 1 aromatic heterocycles. The largest absolute Gasteiger partial charge is 0.455 e. The fourth-order valence-corrected chi connectivity index (χ4v) is 19.0. The fourth-order valence-electron chi connectivity index (χ4n) is 19.0. The Labute approximate surface area is 593 Å². The Balaban J connectivity index is 0.673. The molecule has 0 saturated heterocycles. The second-order valence-electron chi connectivity index (χ2n) is 31.3. The molecule has 4 aliphatic carbocycles. The van der Waals surface area contributed by atoms with E-state index in [-0.39, 0.29) is 21.7 Å². The molecule has 0 atom stereocenters. The Hall–Kier alpha value is -9.76. The Bertz CT molecular complexity index is 5270. The van der Waals surface area contributed by atoms with Gasteiger partial charge in [-0.3, -0.25) is 0 Å². The molecule has 100 heavy (non-hydrogen) atoms. The zero-order valence-electron chi connectivity index (χ0n) is 59.9. The molecule has 0 N–H and O–H groups in total. The Morgan fingerprint density at radius 1 is 0.290 bits per heavy atom. The van der Waals surface area contributed by atoms with Gasteiger partial charge in [0.25, 0.3) is 0 Å². The van der Waals surface area contributed by atoms with Crippen LogP contribution < -0.4 is 4.90 Å². The average Bonchev–Trinajstić information content (AvgIpc) is 1.50. The number of nitrogens with zero attached hydrogens (tertiary/aromatic N) is 1. The summed E-state index contributed by atoms with van der Waals surface area (Å²) in [5.74, 6) is 0. The van der Waals surface area contributed by atoms with E-state index >= 15 is 0 Å². The van der Waals surface area contributed by atoms with Crippen LogP contribution in [0.15, 0.2) is 253 Å². The first-order chi connectivity index (χ1) is 48.8. The lowest BCUT2D eigenvalue weighted by atomic mass is 9.70. The zero-order chi connectivity index (χ0) is 68.1. The number of unbranched alkanes of at least 4 members (excludes halogenated alkanes) is 10. The van der Waals surface area contributed by atoms with E-state index in [4.69, 9.17) is 4.42 Å². The van der Waals surface area contributed by atoms with Gasteiger partial charge in [-0.05, 0) is 208 Å². The molecule has 0 bridgehead atoms. The first kappa shape index (κ1) is 63.7. The number of hydrogen-bond donors (Lipinski definition) is 0. The van der Waals surface area contributed by atoms with Gasteiger partial charge in [-0.2, -0.15) is 0 Å². The minimum absolute atomic E-state index is 0.0542. The van der Waals surface area contributed by atoms with Crippen LogP contribution in [0.3, 0.4) is 0 Å². The van der Waals surface area contributed by atoms with E-state index in [1.54, 1.807) is 11.1 Å². The van der Waals surface area contributed by atoms with Gasteiger partial charge >= 0.3 is 0 Å². The Morgan fingerprint density at radius 2 is 0.680 bits per heavy atom. The molecule has 1 heterocycles. The smallest absolute Gasteiger partial charge is 0.144 e. The summed E-state index contributed by atoms with van der Waals surface area (Å²) in [4.78, 5) is 2.41. The standard InChI is InChI=1S/C98H93NO/c1-9-11-13-15-17-29-57-98(58-30-18-16-14-12-10-2)82-37-27-25-35-75(82)78-54-47-71(62-87(78)98)70-46-53-77-76-52-45-68(59-83(76)95(3,4)84(77)61-70)66-39-41-67(42-40-66)69-48-55-79-85(60-69)96(5,6)92-89(79)90-81-36-26-28-38-88(81)100-94(90)91-80-56-51-74(63-86(80)97(7,8)93(91)92)99(72-33-23-20-24-34-72)73-49-43-65(44-50-73)64-31-21-19-22-32-64/h19-28,31-56,59-63H,9-18,29-30,57-58H2,1-8H3. The highest BCUT2D eigenvalue weighted by atomic mass is 16.3. The predicted molar refractivity (Wildman–Crippen MR) is 425 cm³/mol. The van der Waals surface area contributed by atoms with E-state index in [1.165, 1.54) is 223 Å². The molecule has 0 amide bonds. The summed E-state index contributed by atoms with van der Waals surface area (Å²) in [6.07, 6.45) is 18.4. The summed E-state index contributed by atoms with van der Waals surface area (Å²) >= 11 is 0. The fraction of sp³-hybridized carbons (Fsp3) is 0.265. The van der Waals surface area contributed by atoms with E-state index in [1.807, 2.05) is 0 Å². The van der Waals surface area contributed by atoms with Gasteiger partial charge in [0.15, 0.2) is 0 Å². The Morgan fingerprint density at radius 3 is 1.29 bits per heavy atom. The summed E-state index contributed by atoms with van der Waals surface area (Å²) in [7, 11) is 0. The van der Waals surface area contributed by atoms with Gasteiger partial charge in [0.05, 0.1) is 0 Å². The van der Waals surface area contributed by atoms with Crippen molar-refractivity contribution in [2.45, 2.75) is 167 Å². The third kappa shape index (κ3) is 10.3. The van der Waals surface area contributed by atoms with Crippen molar-refractivity contribution in [1.29, 1.82) is 0 Å². The van der Waals surface area contributed by atoms with E-state index in [2.05, 4.69) is 309 Å². The second kappa shape index (κ2) is 25.1. The van der Waals surface area contributed by atoms with Gasteiger partial charge in [0, 0.05) is 55.1 Å². The molecule has 0 unspecified atom stereocenters. The van der Waals surface area contributed by atoms with E-state index in [0.717, 1.165) is 28.2 Å². The van der Waals surface area contributed by atoms with Crippen LogP contribution in [0.25, 0.3) is 111 Å². The van der Waals surface area contributed by atoms with E-state index < -0.39 is 0 Å². The van der Waals surface area contributed by atoms with E-state index in [9.17, 15) is 0 Å². The number of furan rings is 1. The number of anilines is 3. The normalized spacial score (nSPS) is 14.9. The lowest BCUT2D eigenvalue weighted by Crippen LogP contribution is -2.25. The molecule has 0 fully saturated rings. The molecule has 496 valence electrons. The molecule has 0 aliphatic heterocycles. The van der Waals surface area contributed by atoms with Crippen molar-refractivity contribution in [3.63, 3.8) is 0 Å². The number of para-hydroxylation sites is 2. The molecule has 13 aromatic rings. The van der Waals surface area contributed by atoms with Crippen molar-refractivity contribution in [3.05, 3.63) is 293 Å². The average molecular weight is 1300 g/mol. The predicted octanol–water partition coefficient (Wildman–Crippen LogP) is 28.4. The summed E-state index contributed by atoms with van der Waals surface area (Å²) in [5.41, 5.74) is 36.7. The van der Waals surface area contributed by atoms with Crippen molar-refractivity contribution < 1.29 is 4.42 Å². The molecule has 2 heteroatoms. The van der Waals surface area contributed by atoms with Gasteiger partial charge < -0.3 is 9.32 Å². The molecular weight excluding hydrogens is 1210 g/mol. The topological polar surface area (TPSA) is 16.4 Å². The minimum Gasteiger partial charge on any atom is -0.455 e. The van der Waals surface area contributed by atoms with Crippen molar-refractivity contribution in [2.75, 3.05) is 4.90 Å². The number of rotatable bonds is 21. The van der Waals surface area contributed by atoms with Crippen LogP contribution >= 0.6 is 0 Å². The van der Waals surface area contributed by atoms with Crippen LogP contribution in [0.5, 0.6) is 0 Å². The van der Waals surface area contributed by atoms with Gasteiger partial charge in [0.1, 0.15) is 11.2 Å². The van der Waals surface area contributed by atoms with Crippen LogP contribution in [-0.2, 0) is 21.7 Å². The number of benzene rings is 12. The quantitative estimate of drug-likeness (QED) is 0.0667. The van der Waals surface area contributed by atoms with Crippen LogP contribution in [0.2, 0.25) is 0 Å². The maximum atomic E-state index is 7.19. The van der Waals surface area contributed by atoms with Crippen LogP contribution in [0.4, 0.5) is 17.1 Å².